The van der Waals surface area contributed by atoms with Gasteiger partial charge in [-0.1, -0.05) is 18.2 Å². The van der Waals surface area contributed by atoms with Crippen molar-refractivity contribution in [1.29, 1.82) is 0 Å². The SMILES string of the molecule is CC(C)(C)OC(=O)N1CCCN(S(=O)(=O)c2ccc(N3CC[C@H](O)C3)c(-c3cc4ccccc4n3C(=O)OC(C)(C)C)c2)C1. The first kappa shape index (κ1) is 31.8. The number of sulfonamides is 1. The van der Waals surface area contributed by atoms with Crippen LogP contribution in [-0.2, 0) is 19.5 Å². The molecule has 2 aromatic carbocycles. The van der Waals surface area contributed by atoms with Crippen molar-refractivity contribution in [3.63, 3.8) is 0 Å². The van der Waals surface area contributed by atoms with Gasteiger partial charge in [0.1, 0.15) is 11.2 Å². The lowest BCUT2D eigenvalue weighted by Gasteiger charge is -2.35. The molecule has 3 heterocycles. The van der Waals surface area contributed by atoms with Crippen molar-refractivity contribution in [3.05, 3.63) is 48.5 Å². The molecule has 0 saturated carbocycles. The van der Waals surface area contributed by atoms with Crippen LogP contribution >= 0.6 is 0 Å². The lowest BCUT2D eigenvalue weighted by atomic mass is 10.1. The Labute approximate surface area is 259 Å². The monoisotopic (exact) mass is 626 g/mol. The summed E-state index contributed by atoms with van der Waals surface area (Å²) in [5.74, 6) is 0. The molecule has 1 amide bonds. The van der Waals surface area contributed by atoms with Crippen LogP contribution in [0.15, 0.2) is 53.4 Å². The first-order valence-electron chi connectivity index (χ1n) is 14.9. The van der Waals surface area contributed by atoms with Gasteiger partial charge in [0.2, 0.25) is 10.0 Å². The Balaban J connectivity index is 1.61. The Hall–Kier alpha value is -3.61. The minimum atomic E-state index is -4.06. The predicted molar refractivity (Wildman–Crippen MR) is 168 cm³/mol. The zero-order valence-corrected chi connectivity index (χ0v) is 27.1. The number of aliphatic hydroxyl groups is 1. The van der Waals surface area contributed by atoms with E-state index in [2.05, 4.69) is 0 Å². The van der Waals surface area contributed by atoms with Gasteiger partial charge in [-0.2, -0.15) is 4.31 Å². The number of carbonyl (C=O) groups excluding carboxylic acids is 2. The van der Waals surface area contributed by atoms with E-state index >= 15 is 0 Å². The van der Waals surface area contributed by atoms with E-state index in [-0.39, 0.29) is 18.1 Å². The molecule has 2 saturated heterocycles. The number of amides is 1. The Kier molecular flexibility index (Phi) is 8.47. The van der Waals surface area contributed by atoms with Gasteiger partial charge < -0.3 is 19.5 Å². The number of benzene rings is 2. The third kappa shape index (κ3) is 6.72. The topological polar surface area (TPSA) is 122 Å². The quantitative estimate of drug-likeness (QED) is 0.417. The number of anilines is 1. The fourth-order valence-electron chi connectivity index (χ4n) is 5.56. The summed E-state index contributed by atoms with van der Waals surface area (Å²) >= 11 is 0. The number of hydrogen-bond acceptors (Lipinski definition) is 8. The molecule has 11 nitrogen and oxygen atoms in total. The number of aromatic nitrogens is 1. The van der Waals surface area contributed by atoms with Crippen molar-refractivity contribution >= 4 is 38.8 Å². The molecule has 5 rings (SSSR count). The van der Waals surface area contributed by atoms with Crippen molar-refractivity contribution in [3.8, 4) is 11.3 Å². The summed E-state index contributed by atoms with van der Waals surface area (Å²) in [6.07, 6.45) is -0.637. The van der Waals surface area contributed by atoms with E-state index in [0.717, 1.165) is 5.39 Å². The summed E-state index contributed by atoms with van der Waals surface area (Å²) < 4.78 is 42.2. The zero-order valence-electron chi connectivity index (χ0n) is 26.2. The fourth-order valence-corrected chi connectivity index (χ4v) is 7.03. The summed E-state index contributed by atoms with van der Waals surface area (Å²) in [5.41, 5.74) is 0.842. The molecular formula is C32H42N4O7S. The molecular weight excluding hydrogens is 584 g/mol. The second-order valence-electron chi connectivity index (χ2n) is 13.4. The second-order valence-corrected chi connectivity index (χ2v) is 15.3. The average molecular weight is 627 g/mol. The third-order valence-electron chi connectivity index (χ3n) is 7.49. The van der Waals surface area contributed by atoms with Gasteiger partial charge in [0, 0.05) is 42.8 Å². The van der Waals surface area contributed by atoms with Gasteiger partial charge >= 0.3 is 12.2 Å². The highest BCUT2D eigenvalue weighted by Gasteiger charge is 2.35. The van der Waals surface area contributed by atoms with Crippen molar-refractivity contribution < 1.29 is 32.6 Å². The second kappa shape index (κ2) is 11.7. The van der Waals surface area contributed by atoms with E-state index in [0.29, 0.717) is 54.9 Å². The summed E-state index contributed by atoms with van der Waals surface area (Å²) in [6.45, 7) is 12.1. The van der Waals surface area contributed by atoms with E-state index < -0.39 is 39.5 Å². The number of fused-ring (bicyclic) bond motifs is 1. The Morgan fingerprint density at radius 3 is 2.23 bits per heavy atom. The van der Waals surface area contributed by atoms with Gasteiger partial charge in [-0.3, -0.25) is 4.90 Å². The number of nitrogens with zero attached hydrogens (tertiary/aromatic N) is 4. The van der Waals surface area contributed by atoms with Crippen LogP contribution in [0, 0.1) is 0 Å². The van der Waals surface area contributed by atoms with E-state index in [1.165, 1.54) is 13.8 Å². The molecule has 1 atom stereocenters. The summed E-state index contributed by atoms with van der Waals surface area (Å²) in [7, 11) is -4.06. The number of hydrogen-bond donors (Lipinski definition) is 1. The minimum absolute atomic E-state index is 0.0306. The number of rotatable bonds is 4. The molecule has 3 aromatic rings. The molecule has 0 unspecified atom stereocenters. The van der Waals surface area contributed by atoms with Gasteiger partial charge in [-0.25, -0.2) is 22.6 Å². The summed E-state index contributed by atoms with van der Waals surface area (Å²) in [5, 5.41) is 11.1. The van der Waals surface area contributed by atoms with Crippen molar-refractivity contribution in [1.82, 2.24) is 13.8 Å². The molecule has 44 heavy (non-hydrogen) atoms. The normalized spacial score (nSPS) is 18.6. The van der Waals surface area contributed by atoms with Crippen molar-refractivity contribution in [2.24, 2.45) is 0 Å². The van der Waals surface area contributed by atoms with E-state index in [4.69, 9.17) is 9.47 Å². The van der Waals surface area contributed by atoms with Crippen LogP contribution < -0.4 is 4.90 Å². The lowest BCUT2D eigenvalue weighted by Crippen LogP contribution is -2.50. The molecule has 1 N–H and O–H groups in total. The molecule has 0 spiro atoms. The Morgan fingerprint density at radius 1 is 0.886 bits per heavy atom. The van der Waals surface area contributed by atoms with E-state index in [1.54, 1.807) is 59.7 Å². The van der Waals surface area contributed by atoms with Gasteiger partial charge in [0.05, 0.1) is 28.9 Å². The largest absolute Gasteiger partial charge is 0.444 e. The maximum Gasteiger partial charge on any atom is 0.419 e. The fraction of sp³-hybridized carbons (Fsp3) is 0.500. The zero-order chi connectivity index (χ0) is 32.0. The highest BCUT2D eigenvalue weighted by atomic mass is 32.2. The molecule has 1 aromatic heterocycles. The van der Waals surface area contributed by atoms with Crippen LogP contribution in [-0.4, -0.2) is 89.6 Å². The number of para-hydroxylation sites is 1. The maximum atomic E-state index is 14.1. The number of ether oxygens (including phenoxy) is 2. The highest BCUT2D eigenvalue weighted by Crippen LogP contribution is 2.39. The van der Waals surface area contributed by atoms with Crippen LogP contribution in [0.3, 0.4) is 0 Å². The van der Waals surface area contributed by atoms with Gasteiger partial charge in [-0.15, -0.1) is 0 Å². The first-order chi connectivity index (χ1) is 20.5. The first-order valence-corrected chi connectivity index (χ1v) is 16.4. The van der Waals surface area contributed by atoms with Crippen LogP contribution in [0.2, 0.25) is 0 Å². The Morgan fingerprint density at radius 2 is 1.57 bits per heavy atom. The van der Waals surface area contributed by atoms with E-state index in [1.807, 2.05) is 35.2 Å². The highest BCUT2D eigenvalue weighted by molar-refractivity contribution is 7.89. The molecule has 238 valence electrons. The Bertz CT molecular complexity index is 1670. The van der Waals surface area contributed by atoms with Crippen molar-refractivity contribution in [2.45, 2.75) is 76.6 Å². The summed E-state index contributed by atoms with van der Waals surface area (Å²) in [4.78, 5) is 29.9. The molecule has 0 aliphatic carbocycles. The number of β-amino-alcohol motifs (C(OH)–C–C–N with tert-alkyl or cyclic N) is 1. The van der Waals surface area contributed by atoms with Gasteiger partial charge in [0.25, 0.3) is 0 Å². The number of carbonyl (C=O) groups is 2. The van der Waals surface area contributed by atoms with Crippen LogP contribution in [0.25, 0.3) is 22.2 Å². The molecule has 0 radical (unpaired) electrons. The van der Waals surface area contributed by atoms with Gasteiger partial charge in [0.15, 0.2) is 0 Å². The summed E-state index contributed by atoms with van der Waals surface area (Å²) in [6, 6.07) is 14.1. The minimum Gasteiger partial charge on any atom is -0.444 e. The van der Waals surface area contributed by atoms with E-state index in [9.17, 15) is 23.1 Å². The van der Waals surface area contributed by atoms with Crippen LogP contribution in [0.5, 0.6) is 0 Å². The number of aliphatic hydroxyl groups excluding tert-OH is 1. The molecule has 2 aliphatic rings. The lowest BCUT2D eigenvalue weighted by molar-refractivity contribution is 0.0129. The van der Waals surface area contributed by atoms with Crippen LogP contribution in [0.1, 0.15) is 54.4 Å². The molecule has 12 heteroatoms. The maximum absolute atomic E-state index is 14.1. The van der Waals surface area contributed by atoms with Gasteiger partial charge in [-0.05, 0) is 84.7 Å². The smallest absolute Gasteiger partial charge is 0.419 e. The predicted octanol–water partition coefficient (Wildman–Crippen LogP) is 5.25. The van der Waals surface area contributed by atoms with Crippen LogP contribution in [0.4, 0.5) is 15.3 Å². The molecule has 2 aliphatic heterocycles. The van der Waals surface area contributed by atoms with Crippen molar-refractivity contribution in [2.75, 3.05) is 37.7 Å². The standard InChI is InChI=1S/C32H42N4O7S/c1-31(2,3)42-29(38)34-15-9-16-35(21-34)44(40,41)24-12-13-27(33-17-14-23(37)20-33)25(19-24)28-18-22-10-7-8-11-26(22)36(28)30(39)43-32(4,5)6/h7-8,10-13,18-19,23,37H,9,14-17,20-21H2,1-6H3/t23-/m0/s1. The molecule has 0 bridgehead atoms. The third-order valence-corrected chi connectivity index (χ3v) is 9.32. The average Bonchev–Trinajstić information content (AvgIpc) is 3.54. The molecule has 2 fully saturated rings.